The zero-order chi connectivity index (χ0) is 28.9. The van der Waals surface area contributed by atoms with Crippen LogP contribution in [0.25, 0.3) is 22.3 Å². The van der Waals surface area contributed by atoms with Gasteiger partial charge >= 0.3 is 5.97 Å². The summed E-state index contributed by atoms with van der Waals surface area (Å²) in [4.78, 5) is 11.4. The van der Waals surface area contributed by atoms with Crippen LogP contribution in [0.1, 0.15) is 67.6 Å². The number of nitriles is 1. The minimum Gasteiger partial charge on any atom is -0.465 e. The number of esters is 1. The van der Waals surface area contributed by atoms with Crippen LogP contribution in [0.15, 0.2) is 97.1 Å². The van der Waals surface area contributed by atoms with Crippen LogP contribution in [-0.2, 0) is 17.6 Å². The van der Waals surface area contributed by atoms with Crippen LogP contribution in [0.5, 0.6) is 0 Å². The van der Waals surface area contributed by atoms with E-state index in [0.29, 0.717) is 11.1 Å². The Morgan fingerprint density at radius 3 is 1.32 bits per heavy atom. The van der Waals surface area contributed by atoms with Gasteiger partial charge < -0.3 is 4.74 Å². The Kier molecular flexibility index (Phi) is 11.7. The van der Waals surface area contributed by atoms with E-state index >= 15 is 0 Å². The van der Waals surface area contributed by atoms with E-state index in [1.807, 2.05) is 36.4 Å². The fourth-order valence-corrected chi connectivity index (χ4v) is 4.41. The summed E-state index contributed by atoms with van der Waals surface area (Å²) in [5.74, 6) is 1.15. The standard InChI is InChI=1S/C19H22O2.C18H19N/c1-4-14(2)13-15-5-7-16(8-6-15)17-9-11-18(12-10-17)19(20)21-3;1-3-14(2)12-15-4-8-17(9-5-15)18-10-6-16(13-19)7-11-18/h5-12,14H,4,13H2,1-3H3;4-11,14H,3,12H2,1-2H3. The number of rotatable bonds is 9. The predicted octanol–water partition coefficient (Wildman–Crippen LogP) is 9.54. The molecular formula is C37H41NO2. The molecule has 4 aromatic carbocycles. The highest BCUT2D eigenvalue weighted by Crippen LogP contribution is 2.23. The molecule has 0 aliphatic heterocycles. The van der Waals surface area contributed by atoms with Gasteiger partial charge in [0.25, 0.3) is 0 Å². The number of carbonyl (C=O) groups excluding carboxylic acids is 1. The largest absolute Gasteiger partial charge is 0.465 e. The SMILES string of the molecule is CCC(C)Cc1ccc(-c2ccc(C#N)cc2)cc1.CCC(C)Cc1ccc(-c2ccc(C(=O)OC)cc2)cc1. The number of carbonyl (C=O) groups is 1. The van der Waals surface area contributed by atoms with E-state index in [1.165, 1.54) is 42.2 Å². The van der Waals surface area contributed by atoms with Gasteiger partial charge in [-0.05, 0) is 82.3 Å². The van der Waals surface area contributed by atoms with Gasteiger partial charge in [0.05, 0.1) is 24.3 Å². The predicted molar refractivity (Wildman–Crippen MR) is 166 cm³/mol. The number of hydrogen-bond acceptors (Lipinski definition) is 3. The van der Waals surface area contributed by atoms with Crippen molar-refractivity contribution in [2.24, 2.45) is 11.8 Å². The summed E-state index contributed by atoms with van der Waals surface area (Å²) in [6.45, 7) is 9.02. The lowest BCUT2D eigenvalue weighted by Crippen LogP contribution is -2.00. The highest BCUT2D eigenvalue weighted by Gasteiger charge is 2.06. The normalized spacial score (nSPS) is 11.9. The maximum Gasteiger partial charge on any atom is 0.337 e. The Labute approximate surface area is 240 Å². The number of nitrogens with zero attached hydrogens (tertiary/aromatic N) is 1. The lowest BCUT2D eigenvalue weighted by Gasteiger charge is -2.09. The minimum absolute atomic E-state index is 0.301. The quantitative estimate of drug-likeness (QED) is 0.202. The highest BCUT2D eigenvalue weighted by atomic mass is 16.5. The first-order valence-electron chi connectivity index (χ1n) is 14.2. The smallest absolute Gasteiger partial charge is 0.337 e. The third-order valence-electron chi connectivity index (χ3n) is 7.46. The van der Waals surface area contributed by atoms with E-state index in [4.69, 9.17) is 10.00 Å². The van der Waals surface area contributed by atoms with Crippen LogP contribution in [-0.4, -0.2) is 13.1 Å². The van der Waals surface area contributed by atoms with Crippen molar-refractivity contribution in [1.29, 1.82) is 5.26 Å². The number of methoxy groups -OCH3 is 1. The fourth-order valence-electron chi connectivity index (χ4n) is 4.41. The van der Waals surface area contributed by atoms with Crippen LogP contribution in [0.3, 0.4) is 0 Å². The van der Waals surface area contributed by atoms with E-state index in [9.17, 15) is 4.79 Å². The van der Waals surface area contributed by atoms with Crippen molar-refractivity contribution in [3.05, 3.63) is 119 Å². The minimum atomic E-state index is -0.301. The van der Waals surface area contributed by atoms with Crippen LogP contribution >= 0.6 is 0 Å². The molecule has 4 rings (SSSR count). The third-order valence-corrected chi connectivity index (χ3v) is 7.46. The van der Waals surface area contributed by atoms with E-state index in [1.54, 1.807) is 12.1 Å². The molecule has 0 heterocycles. The second kappa shape index (κ2) is 15.4. The molecule has 0 aliphatic carbocycles. The van der Waals surface area contributed by atoms with Gasteiger partial charge in [-0.1, -0.05) is 113 Å². The van der Waals surface area contributed by atoms with Crippen molar-refractivity contribution in [3.8, 4) is 28.3 Å². The maximum absolute atomic E-state index is 11.4. The van der Waals surface area contributed by atoms with Crippen LogP contribution < -0.4 is 0 Å². The first-order chi connectivity index (χ1) is 19.4. The Bertz CT molecular complexity index is 1360. The zero-order valence-corrected chi connectivity index (χ0v) is 24.5. The Balaban J connectivity index is 0.000000222. The number of hydrogen-bond donors (Lipinski definition) is 0. The van der Waals surface area contributed by atoms with Crippen LogP contribution in [0, 0.1) is 23.2 Å². The van der Waals surface area contributed by atoms with Crippen molar-refractivity contribution in [2.75, 3.05) is 7.11 Å². The fraction of sp³-hybridized carbons (Fsp3) is 0.297. The monoisotopic (exact) mass is 531 g/mol. The first-order valence-corrected chi connectivity index (χ1v) is 14.2. The molecule has 3 nitrogen and oxygen atoms in total. The van der Waals surface area contributed by atoms with Gasteiger partial charge in [-0.25, -0.2) is 4.79 Å². The molecule has 0 aromatic heterocycles. The molecule has 0 N–H and O–H groups in total. The summed E-state index contributed by atoms with van der Waals surface area (Å²) in [5.41, 5.74) is 8.70. The van der Waals surface area contributed by atoms with E-state index in [2.05, 4.69) is 82.3 Å². The second-order valence-corrected chi connectivity index (χ2v) is 10.6. The van der Waals surface area contributed by atoms with Gasteiger partial charge in [-0.3, -0.25) is 0 Å². The summed E-state index contributed by atoms with van der Waals surface area (Å²) in [5, 5.41) is 8.79. The van der Waals surface area contributed by atoms with Gasteiger partial charge in [0.2, 0.25) is 0 Å². The lowest BCUT2D eigenvalue weighted by molar-refractivity contribution is 0.0600. The summed E-state index contributed by atoms with van der Waals surface area (Å²) < 4.78 is 4.71. The molecule has 0 bridgehead atoms. The van der Waals surface area contributed by atoms with Crippen molar-refractivity contribution in [1.82, 2.24) is 0 Å². The molecule has 0 fully saturated rings. The summed E-state index contributed by atoms with van der Waals surface area (Å²) >= 11 is 0. The van der Waals surface area contributed by atoms with Gasteiger partial charge in [0, 0.05) is 0 Å². The second-order valence-electron chi connectivity index (χ2n) is 10.6. The molecule has 206 valence electrons. The molecule has 0 radical (unpaired) electrons. The molecule has 40 heavy (non-hydrogen) atoms. The molecule has 4 aromatic rings. The van der Waals surface area contributed by atoms with E-state index < -0.39 is 0 Å². The maximum atomic E-state index is 11.4. The summed E-state index contributed by atoms with van der Waals surface area (Å²) in [6, 6.07) is 34.8. The first kappa shape index (κ1) is 30.4. The Hall–Kier alpha value is -4.16. The highest BCUT2D eigenvalue weighted by molar-refractivity contribution is 5.90. The lowest BCUT2D eigenvalue weighted by atomic mass is 9.96. The summed E-state index contributed by atoms with van der Waals surface area (Å²) in [6.07, 6.45) is 4.69. The molecule has 2 unspecified atom stereocenters. The molecular weight excluding hydrogens is 490 g/mol. The molecule has 2 atom stereocenters. The van der Waals surface area contributed by atoms with E-state index in [0.717, 1.165) is 35.8 Å². The van der Waals surface area contributed by atoms with Gasteiger partial charge in [0.1, 0.15) is 0 Å². The third kappa shape index (κ3) is 8.95. The van der Waals surface area contributed by atoms with Crippen molar-refractivity contribution in [2.45, 2.75) is 53.4 Å². The average molecular weight is 532 g/mol. The Morgan fingerprint density at radius 2 is 1.00 bits per heavy atom. The van der Waals surface area contributed by atoms with E-state index in [-0.39, 0.29) is 5.97 Å². The van der Waals surface area contributed by atoms with Gasteiger partial charge in [-0.2, -0.15) is 5.26 Å². The van der Waals surface area contributed by atoms with Gasteiger partial charge in [0.15, 0.2) is 0 Å². The van der Waals surface area contributed by atoms with Crippen LogP contribution in [0.2, 0.25) is 0 Å². The molecule has 0 aliphatic rings. The molecule has 0 spiro atoms. The topological polar surface area (TPSA) is 50.1 Å². The van der Waals surface area contributed by atoms with Gasteiger partial charge in [-0.15, -0.1) is 0 Å². The average Bonchev–Trinajstić information content (AvgIpc) is 3.01. The molecule has 0 amide bonds. The number of ether oxygens (including phenoxy) is 1. The van der Waals surface area contributed by atoms with Crippen molar-refractivity contribution < 1.29 is 9.53 Å². The molecule has 3 heteroatoms. The zero-order valence-electron chi connectivity index (χ0n) is 24.5. The molecule has 0 saturated carbocycles. The van der Waals surface area contributed by atoms with Crippen molar-refractivity contribution >= 4 is 5.97 Å². The van der Waals surface area contributed by atoms with Crippen LogP contribution in [0.4, 0.5) is 0 Å². The van der Waals surface area contributed by atoms with Crippen molar-refractivity contribution in [3.63, 3.8) is 0 Å². The number of benzene rings is 4. The summed E-state index contributed by atoms with van der Waals surface area (Å²) in [7, 11) is 1.40. The Morgan fingerprint density at radius 1 is 0.650 bits per heavy atom. The molecule has 0 saturated heterocycles.